The van der Waals surface area contributed by atoms with E-state index < -0.39 is 0 Å². The molecule has 0 saturated heterocycles. The van der Waals surface area contributed by atoms with Crippen LogP contribution in [0.1, 0.15) is 27.3 Å². The van der Waals surface area contributed by atoms with Gasteiger partial charge in [0.15, 0.2) is 0 Å². The van der Waals surface area contributed by atoms with E-state index in [0.717, 1.165) is 11.3 Å². The Morgan fingerprint density at radius 2 is 1.81 bits per heavy atom. The van der Waals surface area contributed by atoms with Crippen LogP contribution in [0.3, 0.4) is 0 Å². The third-order valence-electron chi connectivity index (χ3n) is 4.56. The van der Waals surface area contributed by atoms with E-state index in [-0.39, 0.29) is 11.6 Å². The number of hydrogen-bond donors (Lipinski definition) is 3. The maximum atomic E-state index is 12.8. The Labute approximate surface area is 155 Å². The van der Waals surface area contributed by atoms with E-state index in [2.05, 4.69) is 20.4 Å². The van der Waals surface area contributed by atoms with Crippen molar-refractivity contribution in [3.63, 3.8) is 0 Å². The second-order valence-corrected chi connectivity index (χ2v) is 6.48. The van der Waals surface area contributed by atoms with Gasteiger partial charge in [0.1, 0.15) is 0 Å². The molecular formula is C20H19N5O2. The van der Waals surface area contributed by atoms with Crippen LogP contribution >= 0.6 is 0 Å². The van der Waals surface area contributed by atoms with Crippen LogP contribution in [0, 0.1) is 13.8 Å². The molecule has 0 saturated carbocycles. The molecule has 0 aliphatic heterocycles. The van der Waals surface area contributed by atoms with E-state index in [1.807, 2.05) is 48.9 Å². The van der Waals surface area contributed by atoms with E-state index in [1.165, 1.54) is 0 Å². The van der Waals surface area contributed by atoms with Crippen LogP contribution in [-0.2, 0) is 6.54 Å². The molecule has 3 N–H and O–H groups in total. The maximum Gasteiger partial charge on any atom is 0.323 e. The number of hydrogen-bond acceptors (Lipinski definition) is 3. The zero-order valence-corrected chi connectivity index (χ0v) is 15.0. The summed E-state index contributed by atoms with van der Waals surface area (Å²) in [6, 6.07) is 15.2. The molecule has 0 radical (unpaired) electrons. The van der Waals surface area contributed by atoms with Crippen molar-refractivity contribution in [1.29, 1.82) is 0 Å². The van der Waals surface area contributed by atoms with Crippen molar-refractivity contribution in [2.45, 2.75) is 20.4 Å². The summed E-state index contributed by atoms with van der Waals surface area (Å²) >= 11 is 0. The number of benzene rings is 2. The molecule has 0 fully saturated rings. The molecule has 0 bridgehead atoms. The van der Waals surface area contributed by atoms with Gasteiger partial charge < -0.3 is 15.3 Å². The number of H-pyrrole nitrogens is 2. The molecular weight excluding hydrogens is 342 g/mol. The molecule has 4 aromatic rings. The molecule has 136 valence electrons. The molecule has 27 heavy (non-hydrogen) atoms. The summed E-state index contributed by atoms with van der Waals surface area (Å²) in [5.41, 5.74) is 4.85. The Morgan fingerprint density at radius 3 is 2.59 bits per heavy atom. The van der Waals surface area contributed by atoms with Gasteiger partial charge in [-0.05, 0) is 37.6 Å². The Balaban J connectivity index is 1.60. The van der Waals surface area contributed by atoms with Gasteiger partial charge in [0.05, 0.1) is 28.8 Å². The summed E-state index contributed by atoms with van der Waals surface area (Å²) in [5.74, 6) is -0.221. The summed E-state index contributed by atoms with van der Waals surface area (Å²) in [7, 11) is 0. The highest BCUT2D eigenvalue weighted by molar-refractivity contribution is 6.06. The Hall–Kier alpha value is -3.61. The number of amides is 1. The Bertz CT molecular complexity index is 1180. The molecule has 0 aliphatic rings. The topological polar surface area (TPSA) is 95.6 Å². The molecule has 2 aromatic carbocycles. The second-order valence-electron chi connectivity index (χ2n) is 6.48. The molecule has 0 atom stereocenters. The fraction of sp³-hybridized carbons (Fsp3) is 0.150. The number of aromatic amines is 2. The van der Waals surface area contributed by atoms with Gasteiger partial charge in [0, 0.05) is 11.4 Å². The first-order valence-electron chi connectivity index (χ1n) is 8.62. The van der Waals surface area contributed by atoms with E-state index in [4.69, 9.17) is 0 Å². The molecule has 0 spiro atoms. The third kappa shape index (κ3) is 3.27. The molecule has 1 amide bonds. The fourth-order valence-corrected chi connectivity index (χ4v) is 3.24. The van der Waals surface area contributed by atoms with E-state index in [1.54, 1.807) is 18.2 Å². The lowest BCUT2D eigenvalue weighted by atomic mass is 10.1. The number of anilines is 1. The number of nitrogens with one attached hydrogen (secondary N) is 3. The lowest BCUT2D eigenvalue weighted by molar-refractivity contribution is 0.102. The zero-order chi connectivity index (χ0) is 19.0. The van der Waals surface area contributed by atoms with Gasteiger partial charge in [0.25, 0.3) is 5.91 Å². The lowest BCUT2D eigenvalue weighted by Gasteiger charge is -2.07. The van der Waals surface area contributed by atoms with Crippen LogP contribution < -0.4 is 11.0 Å². The summed E-state index contributed by atoms with van der Waals surface area (Å²) in [6.07, 6.45) is 0. The highest BCUT2D eigenvalue weighted by atomic mass is 16.2. The molecule has 0 unspecified atom stereocenters. The van der Waals surface area contributed by atoms with Crippen molar-refractivity contribution in [1.82, 2.24) is 19.7 Å². The smallest absolute Gasteiger partial charge is 0.322 e. The summed E-state index contributed by atoms with van der Waals surface area (Å²) in [6.45, 7) is 4.33. The largest absolute Gasteiger partial charge is 0.323 e. The first kappa shape index (κ1) is 16.8. The predicted molar refractivity (Wildman–Crippen MR) is 104 cm³/mol. The number of imidazole rings is 1. The normalized spacial score (nSPS) is 11.0. The van der Waals surface area contributed by atoms with Crippen LogP contribution in [0.5, 0.6) is 0 Å². The van der Waals surface area contributed by atoms with E-state index in [9.17, 15) is 9.59 Å². The summed E-state index contributed by atoms with van der Waals surface area (Å²) in [4.78, 5) is 29.6. The van der Waals surface area contributed by atoms with Crippen molar-refractivity contribution < 1.29 is 4.79 Å². The molecule has 4 rings (SSSR count). The first-order chi connectivity index (χ1) is 13.0. The van der Waals surface area contributed by atoms with Gasteiger partial charge in [-0.15, -0.1) is 0 Å². The molecule has 7 nitrogen and oxygen atoms in total. The number of fused-ring (bicyclic) bond motifs is 1. The second kappa shape index (κ2) is 6.60. The number of aromatic nitrogens is 4. The molecule has 2 aromatic heterocycles. The van der Waals surface area contributed by atoms with Gasteiger partial charge in [-0.3, -0.25) is 9.48 Å². The average molecular weight is 361 g/mol. The molecule has 7 heteroatoms. The van der Waals surface area contributed by atoms with E-state index in [0.29, 0.717) is 34.5 Å². The zero-order valence-electron chi connectivity index (χ0n) is 15.0. The minimum atomic E-state index is -0.276. The Morgan fingerprint density at radius 1 is 1.07 bits per heavy atom. The van der Waals surface area contributed by atoms with Crippen LogP contribution in [0.2, 0.25) is 0 Å². The highest BCUT2D eigenvalue weighted by Crippen LogP contribution is 2.19. The fourth-order valence-electron chi connectivity index (χ4n) is 3.24. The van der Waals surface area contributed by atoms with Gasteiger partial charge in [-0.2, -0.15) is 5.10 Å². The minimum Gasteiger partial charge on any atom is -0.322 e. The summed E-state index contributed by atoms with van der Waals surface area (Å²) < 4.78 is 1.84. The van der Waals surface area contributed by atoms with Crippen molar-refractivity contribution >= 4 is 22.6 Å². The van der Waals surface area contributed by atoms with Gasteiger partial charge >= 0.3 is 5.69 Å². The maximum absolute atomic E-state index is 12.8. The van der Waals surface area contributed by atoms with Crippen LogP contribution in [0.25, 0.3) is 11.0 Å². The quantitative estimate of drug-likeness (QED) is 0.521. The highest BCUT2D eigenvalue weighted by Gasteiger charge is 2.19. The van der Waals surface area contributed by atoms with Gasteiger partial charge in [0.2, 0.25) is 0 Å². The number of carbonyl (C=O) groups excluding carboxylic acids is 1. The van der Waals surface area contributed by atoms with Crippen molar-refractivity contribution in [2.75, 3.05) is 5.32 Å². The Kier molecular flexibility index (Phi) is 4.12. The van der Waals surface area contributed by atoms with Crippen molar-refractivity contribution in [3.05, 3.63) is 81.5 Å². The summed E-state index contributed by atoms with van der Waals surface area (Å²) in [5, 5.41) is 7.42. The number of rotatable bonds is 4. The number of nitrogens with zero attached hydrogens (tertiary/aromatic N) is 2. The predicted octanol–water partition coefficient (Wildman–Crippen LogP) is 2.97. The third-order valence-corrected chi connectivity index (χ3v) is 4.56. The van der Waals surface area contributed by atoms with Crippen LogP contribution in [0.15, 0.2) is 53.3 Å². The molecule has 0 aliphatic carbocycles. The monoisotopic (exact) mass is 361 g/mol. The first-order valence-corrected chi connectivity index (χ1v) is 8.62. The lowest BCUT2D eigenvalue weighted by Crippen LogP contribution is -2.14. The van der Waals surface area contributed by atoms with Crippen molar-refractivity contribution in [2.24, 2.45) is 0 Å². The van der Waals surface area contributed by atoms with E-state index >= 15 is 0 Å². The number of aryl methyl sites for hydroxylation is 1. The van der Waals surface area contributed by atoms with Crippen LogP contribution in [0.4, 0.5) is 5.69 Å². The van der Waals surface area contributed by atoms with Crippen molar-refractivity contribution in [3.8, 4) is 0 Å². The van der Waals surface area contributed by atoms with Crippen LogP contribution in [-0.4, -0.2) is 25.7 Å². The molecule has 2 heterocycles. The van der Waals surface area contributed by atoms with Gasteiger partial charge in [-0.1, -0.05) is 30.3 Å². The SMILES string of the molecule is Cc1nn(Cc2ccccc2)c(C)c1C(=O)Nc1ccc2[nH]c(=O)[nH]c2c1. The number of carbonyl (C=O) groups is 1. The van der Waals surface area contributed by atoms with Gasteiger partial charge in [-0.25, -0.2) is 4.79 Å². The standard InChI is InChI=1S/C20H19N5O2/c1-12-18(13(2)25(24-12)11-14-6-4-3-5-7-14)19(26)21-15-8-9-16-17(10-15)23-20(27)22-16/h3-10H,11H2,1-2H3,(H,21,26)(H2,22,23,27). The minimum absolute atomic E-state index is 0.221. The average Bonchev–Trinajstić information content (AvgIpc) is 3.14.